The average molecular weight is 460 g/mol. The Labute approximate surface area is 191 Å². The van der Waals surface area contributed by atoms with Gasteiger partial charge < -0.3 is 29.9 Å². The maximum absolute atomic E-state index is 12.8. The molecule has 3 N–H and O–H groups in total. The molecule has 11 heteroatoms. The van der Waals surface area contributed by atoms with E-state index in [1.54, 1.807) is 23.5 Å². The number of aliphatic hydroxyl groups excluding tert-OH is 1. The molecule has 0 unspecified atom stereocenters. The van der Waals surface area contributed by atoms with Gasteiger partial charge in [0.1, 0.15) is 5.82 Å². The van der Waals surface area contributed by atoms with Gasteiger partial charge >= 0.3 is 0 Å². The van der Waals surface area contributed by atoms with E-state index in [0.717, 1.165) is 30.9 Å². The molecular formula is C22H28N4O7. The second-order valence-electron chi connectivity index (χ2n) is 7.31. The summed E-state index contributed by atoms with van der Waals surface area (Å²) in [7, 11) is 0. The van der Waals surface area contributed by atoms with E-state index in [4.69, 9.17) is 24.5 Å². The predicted octanol–water partition coefficient (Wildman–Crippen LogP) is 0.390. The summed E-state index contributed by atoms with van der Waals surface area (Å²) in [6.07, 6.45) is 5.36. The fourth-order valence-electron chi connectivity index (χ4n) is 3.72. The van der Waals surface area contributed by atoms with Crippen LogP contribution in [0, 0.1) is 5.92 Å². The minimum Gasteiger partial charge on any atom is -0.483 e. The van der Waals surface area contributed by atoms with Crippen molar-refractivity contribution >= 4 is 24.7 Å². The molecule has 0 aliphatic carbocycles. The maximum atomic E-state index is 12.8. The summed E-state index contributed by atoms with van der Waals surface area (Å²) in [6, 6.07) is 7.61. The van der Waals surface area contributed by atoms with Crippen LogP contribution >= 0.6 is 0 Å². The number of likely N-dealkylation sites (tertiary alicyclic amines) is 1. The Bertz CT molecular complexity index is 855. The van der Waals surface area contributed by atoms with Crippen molar-refractivity contribution in [2.45, 2.75) is 12.5 Å². The number of hydrogen-bond donors (Lipinski definition) is 3. The van der Waals surface area contributed by atoms with E-state index in [1.165, 1.54) is 0 Å². The van der Waals surface area contributed by atoms with Gasteiger partial charge in [0.2, 0.25) is 0 Å². The Kier molecular flexibility index (Phi) is 10.7. The standard InChI is InChI=1S/C20H24N4O3.2CH2O2/c25-18-14-24(13-17(18)11-15-3-5-21-6-4-15)20(26)16-1-2-19(22-12-16)23-7-9-27-10-8-23;2*2-1-3/h1-6,12,17-18,25H,7-11,13-14H2;2*1H,(H,2,3)/t17-,18-;;/m1../s1. The zero-order chi connectivity index (χ0) is 24.1. The minimum atomic E-state index is -0.511. The van der Waals surface area contributed by atoms with E-state index in [9.17, 15) is 9.90 Å². The van der Waals surface area contributed by atoms with Crippen LogP contribution in [0.25, 0.3) is 0 Å². The van der Waals surface area contributed by atoms with E-state index in [0.29, 0.717) is 31.9 Å². The minimum absolute atomic E-state index is 0.0388. The number of ether oxygens (including phenoxy) is 1. The van der Waals surface area contributed by atoms with Crippen LogP contribution in [-0.2, 0) is 20.7 Å². The van der Waals surface area contributed by atoms with Gasteiger partial charge in [0, 0.05) is 50.7 Å². The molecule has 4 rings (SSSR count). The highest BCUT2D eigenvalue weighted by molar-refractivity contribution is 5.94. The van der Waals surface area contributed by atoms with Gasteiger partial charge in [-0.05, 0) is 36.2 Å². The molecule has 11 nitrogen and oxygen atoms in total. The first-order valence-electron chi connectivity index (χ1n) is 10.3. The Balaban J connectivity index is 0.000000582. The van der Waals surface area contributed by atoms with Crippen molar-refractivity contribution in [3.8, 4) is 0 Å². The van der Waals surface area contributed by atoms with Crippen LogP contribution < -0.4 is 4.90 Å². The van der Waals surface area contributed by atoms with Crippen molar-refractivity contribution < 1.29 is 34.4 Å². The lowest BCUT2D eigenvalue weighted by Gasteiger charge is -2.27. The highest BCUT2D eigenvalue weighted by Crippen LogP contribution is 2.23. The van der Waals surface area contributed by atoms with Crippen molar-refractivity contribution in [2.24, 2.45) is 5.92 Å². The Hall–Kier alpha value is -3.57. The molecule has 0 saturated carbocycles. The zero-order valence-electron chi connectivity index (χ0n) is 18.1. The Morgan fingerprint density at radius 1 is 1.06 bits per heavy atom. The third kappa shape index (κ3) is 7.81. The lowest BCUT2D eigenvalue weighted by molar-refractivity contribution is -0.123. The molecule has 0 bridgehead atoms. The number of rotatable bonds is 4. The molecule has 2 aliphatic rings. The molecule has 2 fully saturated rings. The molecule has 33 heavy (non-hydrogen) atoms. The summed E-state index contributed by atoms with van der Waals surface area (Å²) >= 11 is 0. The topological polar surface area (TPSA) is 153 Å². The Morgan fingerprint density at radius 3 is 2.27 bits per heavy atom. The van der Waals surface area contributed by atoms with Crippen molar-refractivity contribution in [1.29, 1.82) is 0 Å². The highest BCUT2D eigenvalue weighted by Gasteiger charge is 2.34. The van der Waals surface area contributed by atoms with Gasteiger partial charge in [-0.2, -0.15) is 0 Å². The molecule has 2 saturated heterocycles. The van der Waals surface area contributed by atoms with Crippen LogP contribution in [0.1, 0.15) is 15.9 Å². The summed E-state index contributed by atoms with van der Waals surface area (Å²) in [4.78, 5) is 41.9. The number of anilines is 1. The normalized spacial score (nSPS) is 19.4. The second kappa shape index (κ2) is 13.8. The summed E-state index contributed by atoms with van der Waals surface area (Å²) in [6.45, 7) is 3.44. The first kappa shape index (κ1) is 25.7. The molecule has 0 spiro atoms. The number of carboxylic acid groups (broad SMARTS) is 2. The maximum Gasteiger partial charge on any atom is 0.290 e. The van der Waals surface area contributed by atoms with E-state index in [1.807, 2.05) is 24.3 Å². The first-order chi connectivity index (χ1) is 16.0. The molecular weight excluding hydrogens is 432 g/mol. The Morgan fingerprint density at radius 2 is 1.70 bits per heavy atom. The SMILES string of the molecule is O=C(c1ccc(N2CCOCC2)nc1)N1C[C@@H](Cc2ccncc2)[C@H](O)C1.O=CO.O=CO. The smallest absolute Gasteiger partial charge is 0.290 e. The number of aromatic nitrogens is 2. The lowest BCUT2D eigenvalue weighted by Crippen LogP contribution is -2.36. The van der Waals surface area contributed by atoms with Crippen LogP contribution in [-0.4, -0.2) is 94.5 Å². The van der Waals surface area contributed by atoms with Crippen LogP contribution in [0.5, 0.6) is 0 Å². The average Bonchev–Trinajstić information content (AvgIpc) is 3.21. The molecule has 1 amide bonds. The number of pyridine rings is 2. The molecule has 2 aliphatic heterocycles. The van der Waals surface area contributed by atoms with Gasteiger partial charge in [-0.3, -0.25) is 19.4 Å². The number of amides is 1. The molecule has 4 heterocycles. The number of carbonyl (C=O) groups is 3. The summed E-state index contributed by atoms with van der Waals surface area (Å²) in [5.41, 5.74) is 1.68. The van der Waals surface area contributed by atoms with Crippen LogP contribution in [0.2, 0.25) is 0 Å². The number of hydrogen-bond acceptors (Lipinski definition) is 8. The van der Waals surface area contributed by atoms with E-state index >= 15 is 0 Å². The first-order valence-corrected chi connectivity index (χ1v) is 10.3. The quantitative estimate of drug-likeness (QED) is 0.546. The van der Waals surface area contributed by atoms with Crippen LogP contribution in [0.15, 0.2) is 42.9 Å². The highest BCUT2D eigenvalue weighted by atomic mass is 16.5. The van der Waals surface area contributed by atoms with E-state index in [2.05, 4.69) is 14.9 Å². The van der Waals surface area contributed by atoms with Crippen molar-refractivity contribution in [3.63, 3.8) is 0 Å². The molecule has 2 atom stereocenters. The van der Waals surface area contributed by atoms with Gasteiger partial charge in [-0.15, -0.1) is 0 Å². The van der Waals surface area contributed by atoms with Gasteiger partial charge in [0.25, 0.3) is 18.9 Å². The number of nitrogens with zero attached hydrogens (tertiary/aromatic N) is 4. The molecule has 0 aromatic carbocycles. The number of carbonyl (C=O) groups excluding carboxylic acids is 1. The van der Waals surface area contributed by atoms with Crippen LogP contribution in [0.3, 0.4) is 0 Å². The van der Waals surface area contributed by atoms with Crippen LogP contribution in [0.4, 0.5) is 5.82 Å². The second-order valence-corrected chi connectivity index (χ2v) is 7.31. The molecule has 0 radical (unpaired) electrons. The third-order valence-electron chi connectivity index (χ3n) is 5.27. The van der Waals surface area contributed by atoms with Gasteiger partial charge in [0.05, 0.1) is 24.9 Å². The van der Waals surface area contributed by atoms with Gasteiger partial charge in [-0.25, -0.2) is 4.98 Å². The molecule has 2 aromatic rings. The number of aliphatic hydroxyl groups is 1. The fourth-order valence-corrected chi connectivity index (χ4v) is 3.72. The van der Waals surface area contributed by atoms with Crippen molar-refractivity contribution in [2.75, 3.05) is 44.3 Å². The van der Waals surface area contributed by atoms with E-state index in [-0.39, 0.29) is 24.8 Å². The monoisotopic (exact) mass is 460 g/mol. The third-order valence-corrected chi connectivity index (χ3v) is 5.27. The lowest BCUT2D eigenvalue weighted by atomic mass is 9.97. The van der Waals surface area contributed by atoms with Crippen molar-refractivity contribution in [1.82, 2.24) is 14.9 Å². The van der Waals surface area contributed by atoms with Gasteiger partial charge in [-0.1, -0.05) is 0 Å². The zero-order valence-corrected chi connectivity index (χ0v) is 18.1. The molecule has 2 aromatic heterocycles. The van der Waals surface area contributed by atoms with E-state index < -0.39 is 6.10 Å². The largest absolute Gasteiger partial charge is 0.483 e. The number of morpholine rings is 1. The summed E-state index contributed by atoms with van der Waals surface area (Å²) < 4.78 is 5.36. The molecule has 178 valence electrons. The number of β-amino-alcohol motifs (C(OH)–C–C–N with tert-alkyl or cyclic N) is 1. The summed E-state index contributed by atoms with van der Waals surface area (Å²) in [5, 5.41) is 24.2. The van der Waals surface area contributed by atoms with Gasteiger partial charge in [0.15, 0.2) is 0 Å². The van der Waals surface area contributed by atoms with Crippen molar-refractivity contribution in [3.05, 3.63) is 54.0 Å². The fraction of sp³-hybridized carbons (Fsp3) is 0.409. The predicted molar refractivity (Wildman–Crippen MR) is 118 cm³/mol. The summed E-state index contributed by atoms with van der Waals surface area (Å²) in [5.74, 6) is 0.830.